The summed E-state index contributed by atoms with van der Waals surface area (Å²) in [7, 11) is 0. The number of para-hydroxylation sites is 2. The highest BCUT2D eigenvalue weighted by Crippen LogP contribution is 2.31. The Morgan fingerprint density at radius 1 is 1.23 bits per heavy atom. The van der Waals surface area contributed by atoms with Crippen LogP contribution in [0, 0.1) is 0 Å². The van der Waals surface area contributed by atoms with E-state index in [0.717, 1.165) is 0 Å². The van der Waals surface area contributed by atoms with Crippen LogP contribution in [0.4, 0.5) is 8.78 Å². The van der Waals surface area contributed by atoms with E-state index in [1.165, 1.54) is 18.2 Å². The summed E-state index contributed by atoms with van der Waals surface area (Å²) in [6.45, 7) is 0.00399. The zero-order valence-corrected chi connectivity index (χ0v) is 14.2. The Kier molecular flexibility index (Phi) is 5.55. The van der Waals surface area contributed by atoms with Gasteiger partial charge in [0.2, 0.25) is 0 Å². The summed E-state index contributed by atoms with van der Waals surface area (Å²) in [6.07, 6.45) is -0.311. The number of alkyl halides is 2. The first-order chi connectivity index (χ1) is 12.6. The van der Waals surface area contributed by atoms with Crippen molar-refractivity contribution in [2.45, 2.75) is 19.6 Å². The van der Waals surface area contributed by atoms with Crippen LogP contribution in [-0.4, -0.2) is 43.2 Å². The molecule has 7 heteroatoms. The maximum Gasteiger partial charge on any atom is 0.387 e. The van der Waals surface area contributed by atoms with Gasteiger partial charge in [-0.05, 0) is 37.3 Å². The number of fused-ring (bicyclic) bond motifs is 1. The number of carbonyl (C=O) groups is 1. The van der Waals surface area contributed by atoms with E-state index in [1.54, 1.807) is 11.0 Å². The fourth-order valence-electron chi connectivity index (χ4n) is 2.74. The zero-order chi connectivity index (χ0) is 18.5. The van der Waals surface area contributed by atoms with Gasteiger partial charge in [0.25, 0.3) is 5.91 Å². The highest BCUT2D eigenvalue weighted by Gasteiger charge is 2.25. The molecule has 1 amide bonds. The summed E-state index contributed by atoms with van der Waals surface area (Å²) in [6, 6.07) is 13.1. The molecule has 1 unspecified atom stereocenters. The average molecular weight is 363 g/mol. The molecule has 0 saturated heterocycles. The van der Waals surface area contributed by atoms with E-state index in [2.05, 4.69) is 4.74 Å². The summed E-state index contributed by atoms with van der Waals surface area (Å²) >= 11 is 0. The molecule has 2 aromatic rings. The number of rotatable bonds is 6. The molecule has 0 bridgehead atoms. The first-order valence-corrected chi connectivity index (χ1v) is 8.29. The molecule has 0 saturated carbocycles. The van der Waals surface area contributed by atoms with Crippen LogP contribution in [-0.2, 0) is 0 Å². The first-order valence-electron chi connectivity index (χ1n) is 8.29. The van der Waals surface area contributed by atoms with E-state index in [-0.39, 0.29) is 23.3 Å². The summed E-state index contributed by atoms with van der Waals surface area (Å²) in [5, 5.41) is 0. The predicted molar refractivity (Wildman–Crippen MR) is 91.0 cm³/mol. The molecule has 0 fully saturated rings. The molecule has 26 heavy (non-hydrogen) atoms. The first kappa shape index (κ1) is 18.0. The minimum absolute atomic E-state index is 0.0481. The van der Waals surface area contributed by atoms with E-state index in [0.29, 0.717) is 31.2 Å². The molecule has 138 valence electrons. The van der Waals surface area contributed by atoms with Crippen molar-refractivity contribution in [3.05, 3.63) is 54.1 Å². The lowest BCUT2D eigenvalue weighted by Crippen LogP contribution is -2.43. The zero-order valence-electron chi connectivity index (χ0n) is 14.2. The Morgan fingerprint density at radius 2 is 2.00 bits per heavy atom. The van der Waals surface area contributed by atoms with Crippen molar-refractivity contribution in [2.24, 2.45) is 0 Å². The number of hydrogen-bond donors (Lipinski definition) is 0. The molecule has 0 aliphatic carbocycles. The molecule has 2 aromatic carbocycles. The number of ether oxygens (including phenoxy) is 3. The summed E-state index contributed by atoms with van der Waals surface area (Å²) in [4.78, 5) is 14.3. The number of likely N-dealkylation sites (N-methyl/N-ethyl adjacent to an activating group) is 1. The predicted octanol–water partition coefficient (Wildman–Crippen LogP) is 3.59. The fraction of sp³-hybridized carbons (Fsp3) is 0.316. The van der Waals surface area contributed by atoms with Gasteiger partial charge in [-0.3, -0.25) is 4.79 Å². The molecule has 0 N–H and O–H groups in total. The Labute approximate surface area is 150 Å². The molecule has 1 aliphatic heterocycles. The Balaban J connectivity index is 1.68. The summed E-state index contributed by atoms with van der Waals surface area (Å²) < 4.78 is 40.6. The molecule has 0 aromatic heterocycles. The van der Waals surface area contributed by atoms with E-state index in [4.69, 9.17) is 9.47 Å². The van der Waals surface area contributed by atoms with Gasteiger partial charge in [-0.25, -0.2) is 0 Å². The van der Waals surface area contributed by atoms with E-state index in [9.17, 15) is 13.6 Å². The number of benzene rings is 2. The molecule has 0 radical (unpaired) electrons. The van der Waals surface area contributed by atoms with Crippen molar-refractivity contribution < 1.29 is 27.8 Å². The molecule has 1 atom stereocenters. The van der Waals surface area contributed by atoms with Crippen molar-refractivity contribution in [1.82, 2.24) is 4.90 Å². The Morgan fingerprint density at radius 3 is 2.73 bits per heavy atom. The third-order valence-corrected chi connectivity index (χ3v) is 3.97. The van der Waals surface area contributed by atoms with Gasteiger partial charge < -0.3 is 19.1 Å². The molecule has 3 rings (SSSR count). The van der Waals surface area contributed by atoms with Crippen LogP contribution in [0.1, 0.15) is 17.3 Å². The molecule has 0 spiro atoms. The number of amides is 1. The number of carbonyl (C=O) groups excluding carboxylic acids is 1. The van der Waals surface area contributed by atoms with Gasteiger partial charge in [0.1, 0.15) is 12.4 Å². The van der Waals surface area contributed by atoms with Gasteiger partial charge in [-0.2, -0.15) is 8.78 Å². The molecule has 1 aliphatic rings. The fourth-order valence-corrected chi connectivity index (χ4v) is 2.74. The summed E-state index contributed by atoms with van der Waals surface area (Å²) in [5.74, 6) is 0.984. The molecule has 1 heterocycles. The summed E-state index contributed by atoms with van der Waals surface area (Å²) in [5.41, 5.74) is 0.280. The van der Waals surface area contributed by atoms with Crippen LogP contribution in [0.3, 0.4) is 0 Å². The topological polar surface area (TPSA) is 48.0 Å². The van der Waals surface area contributed by atoms with E-state index in [1.807, 2.05) is 31.2 Å². The van der Waals surface area contributed by atoms with E-state index >= 15 is 0 Å². The average Bonchev–Trinajstić information content (AvgIpc) is 2.65. The van der Waals surface area contributed by atoms with Crippen molar-refractivity contribution in [3.8, 4) is 17.2 Å². The second-order valence-electron chi connectivity index (χ2n) is 5.75. The van der Waals surface area contributed by atoms with Crippen molar-refractivity contribution >= 4 is 5.91 Å². The van der Waals surface area contributed by atoms with Crippen LogP contribution >= 0.6 is 0 Å². The molecular weight excluding hydrogens is 344 g/mol. The lowest BCUT2D eigenvalue weighted by atomic mass is 10.1. The number of nitrogens with zero attached hydrogens (tertiary/aromatic N) is 1. The molecule has 5 nitrogen and oxygen atoms in total. The van der Waals surface area contributed by atoms with Crippen LogP contribution in [0.2, 0.25) is 0 Å². The quantitative estimate of drug-likeness (QED) is 0.787. The maximum absolute atomic E-state index is 12.7. The lowest BCUT2D eigenvalue weighted by molar-refractivity contribution is -0.0499. The van der Waals surface area contributed by atoms with Crippen LogP contribution < -0.4 is 14.2 Å². The van der Waals surface area contributed by atoms with E-state index < -0.39 is 6.61 Å². The van der Waals surface area contributed by atoms with Crippen LogP contribution in [0.5, 0.6) is 17.2 Å². The standard InChI is InChI=1S/C19H19F2NO4/c1-2-22(11-15-12-24-16-8-3-4-9-17(16)25-15)18(23)13-6-5-7-14(10-13)26-19(20)21/h3-10,15,19H,2,11-12H2,1H3. The lowest BCUT2D eigenvalue weighted by Gasteiger charge is -2.31. The maximum atomic E-state index is 12.7. The largest absolute Gasteiger partial charge is 0.486 e. The SMILES string of the molecule is CCN(CC1COc2ccccc2O1)C(=O)c1cccc(OC(F)F)c1. The van der Waals surface area contributed by atoms with Gasteiger partial charge in [0, 0.05) is 12.1 Å². The van der Waals surface area contributed by atoms with Gasteiger partial charge in [-0.1, -0.05) is 18.2 Å². The highest BCUT2D eigenvalue weighted by atomic mass is 19.3. The monoisotopic (exact) mass is 363 g/mol. The third kappa shape index (κ3) is 4.22. The number of halogens is 2. The normalized spacial score (nSPS) is 15.6. The van der Waals surface area contributed by atoms with Crippen molar-refractivity contribution in [2.75, 3.05) is 19.7 Å². The third-order valence-electron chi connectivity index (χ3n) is 3.97. The Hall–Kier alpha value is -2.83. The second kappa shape index (κ2) is 8.03. The van der Waals surface area contributed by atoms with Gasteiger partial charge in [0.15, 0.2) is 17.6 Å². The van der Waals surface area contributed by atoms with Crippen LogP contribution in [0.15, 0.2) is 48.5 Å². The molecular formula is C19H19F2NO4. The minimum Gasteiger partial charge on any atom is -0.486 e. The van der Waals surface area contributed by atoms with Crippen LogP contribution in [0.25, 0.3) is 0 Å². The van der Waals surface area contributed by atoms with Gasteiger partial charge in [-0.15, -0.1) is 0 Å². The van der Waals surface area contributed by atoms with Gasteiger partial charge >= 0.3 is 6.61 Å². The van der Waals surface area contributed by atoms with Gasteiger partial charge in [0.05, 0.1) is 6.54 Å². The Bertz CT molecular complexity index is 769. The van der Waals surface area contributed by atoms with Crippen molar-refractivity contribution in [3.63, 3.8) is 0 Å². The highest BCUT2D eigenvalue weighted by molar-refractivity contribution is 5.94. The second-order valence-corrected chi connectivity index (χ2v) is 5.75. The minimum atomic E-state index is -2.93. The smallest absolute Gasteiger partial charge is 0.387 e. The van der Waals surface area contributed by atoms with Crippen molar-refractivity contribution in [1.29, 1.82) is 0 Å². The number of hydrogen-bond acceptors (Lipinski definition) is 4.